The molecule has 2 atom stereocenters. The first kappa shape index (κ1) is 21.8. The van der Waals surface area contributed by atoms with E-state index < -0.39 is 22.4 Å². The summed E-state index contributed by atoms with van der Waals surface area (Å²) < 4.78 is 0. The maximum absolute atomic E-state index is 12.9. The average molecular weight is 443 g/mol. The van der Waals surface area contributed by atoms with Crippen LogP contribution in [0.3, 0.4) is 0 Å². The first-order valence-corrected chi connectivity index (χ1v) is 10.6. The molecule has 3 amide bonds. The molecule has 7 nitrogen and oxygen atoms in total. The molecule has 30 heavy (non-hydrogen) atoms. The number of amides is 3. The highest BCUT2D eigenvalue weighted by atomic mass is 32.2. The molecule has 156 valence electrons. The Balaban J connectivity index is 1.71. The van der Waals surface area contributed by atoms with E-state index in [0.717, 1.165) is 11.3 Å². The molecule has 2 aromatic rings. The van der Waals surface area contributed by atoms with Gasteiger partial charge in [-0.25, -0.2) is 0 Å². The summed E-state index contributed by atoms with van der Waals surface area (Å²) in [6.07, 6.45) is -0.145. The molecule has 0 radical (unpaired) electrons. The Labute approximate surface area is 184 Å². The monoisotopic (exact) mass is 442 g/mol. The third-order valence-corrected chi connectivity index (χ3v) is 6.27. The number of hydrogen-bond acceptors (Lipinski definition) is 6. The summed E-state index contributed by atoms with van der Waals surface area (Å²) in [6.45, 7) is 0. The summed E-state index contributed by atoms with van der Waals surface area (Å²) in [5.74, 6) is -1.37. The second kappa shape index (κ2) is 9.27. The molecule has 1 aliphatic heterocycles. The van der Waals surface area contributed by atoms with Crippen LogP contribution in [0.15, 0.2) is 54.6 Å². The number of nitrogens with zero attached hydrogens (tertiary/aromatic N) is 2. The quantitative estimate of drug-likeness (QED) is 0.686. The highest BCUT2D eigenvalue weighted by Crippen LogP contribution is 2.44. The van der Waals surface area contributed by atoms with Crippen molar-refractivity contribution in [2.45, 2.75) is 17.0 Å². The SMILES string of the molecule is CN(C)c1ccc(C2SC(CC(=O)NC(=O)c3ccccc3)C(=O)N2C(N)=S)cc1. The molecule has 3 rings (SSSR count). The molecule has 0 aromatic heterocycles. The van der Waals surface area contributed by atoms with Crippen molar-refractivity contribution < 1.29 is 14.4 Å². The van der Waals surface area contributed by atoms with Gasteiger partial charge in [-0.1, -0.05) is 30.3 Å². The maximum atomic E-state index is 12.9. The van der Waals surface area contributed by atoms with Gasteiger partial charge in [-0.15, -0.1) is 11.8 Å². The van der Waals surface area contributed by atoms with E-state index in [9.17, 15) is 14.4 Å². The summed E-state index contributed by atoms with van der Waals surface area (Å²) in [7, 11) is 3.88. The van der Waals surface area contributed by atoms with Gasteiger partial charge in [-0.2, -0.15) is 0 Å². The van der Waals surface area contributed by atoms with E-state index in [0.29, 0.717) is 5.56 Å². The summed E-state index contributed by atoms with van der Waals surface area (Å²) in [5.41, 5.74) is 8.05. The molecule has 1 aliphatic rings. The fourth-order valence-electron chi connectivity index (χ4n) is 3.08. The summed E-state index contributed by atoms with van der Waals surface area (Å²) in [5, 5.41) is 1.18. The molecule has 2 unspecified atom stereocenters. The number of carbonyl (C=O) groups is 3. The van der Waals surface area contributed by atoms with E-state index in [1.54, 1.807) is 30.3 Å². The van der Waals surface area contributed by atoms with Gasteiger partial charge in [-0.05, 0) is 42.0 Å². The van der Waals surface area contributed by atoms with Crippen molar-refractivity contribution in [2.75, 3.05) is 19.0 Å². The number of carbonyl (C=O) groups excluding carboxylic acids is 3. The first-order chi connectivity index (χ1) is 14.3. The lowest BCUT2D eigenvalue weighted by Gasteiger charge is -2.22. The standard InChI is InChI=1S/C21H22N4O3S2/c1-24(2)15-10-8-14(9-11-15)20-25(21(22)29)19(28)16(30-20)12-17(26)23-18(27)13-6-4-3-5-7-13/h3-11,16,20H,12H2,1-2H3,(H2,22,29)(H,23,26,27). The third-order valence-electron chi connectivity index (χ3n) is 4.63. The largest absolute Gasteiger partial charge is 0.378 e. The van der Waals surface area contributed by atoms with E-state index in [1.807, 2.05) is 43.3 Å². The number of nitrogens with one attached hydrogen (secondary N) is 1. The second-order valence-corrected chi connectivity index (χ2v) is 8.66. The first-order valence-electron chi connectivity index (χ1n) is 9.22. The number of benzene rings is 2. The fourth-order valence-corrected chi connectivity index (χ4v) is 4.78. The van der Waals surface area contributed by atoms with Gasteiger partial charge in [0.1, 0.15) is 5.37 Å². The molecule has 1 heterocycles. The zero-order chi connectivity index (χ0) is 21.8. The van der Waals surface area contributed by atoms with Gasteiger partial charge in [-0.3, -0.25) is 24.6 Å². The van der Waals surface area contributed by atoms with Crippen molar-refractivity contribution in [1.82, 2.24) is 10.2 Å². The van der Waals surface area contributed by atoms with Crippen molar-refractivity contribution in [3.8, 4) is 0 Å². The van der Waals surface area contributed by atoms with Crippen LogP contribution in [0, 0.1) is 0 Å². The van der Waals surface area contributed by atoms with Crippen molar-refractivity contribution in [3.63, 3.8) is 0 Å². The van der Waals surface area contributed by atoms with Crippen LogP contribution in [-0.4, -0.2) is 47.1 Å². The van der Waals surface area contributed by atoms with Crippen molar-refractivity contribution in [3.05, 3.63) is 65.7 Å². The Morgan fingerprint density at radius 2 is 1.77 bits per heavy atom. The Bertz CT molecular complexity index is 964. The molecule has 3 N–H and O–H groups in total. The average Bonchev–Trinajstić information content (AvgIpc) is 3.04. The number of thiocarbonyl (C=S) groups is 1. The van der Waals surface area contributed by atoms with E-state index in [1.165, 1.54) is 16.7 Å². The molecule has 9 heteroatoms. The van der Waals surface area contributed by atoms with Crippen molar-refractivity contribution in [2.24, 2.45) is 5.73 Å². The molecule has 2 aromatic carbocycles. The summed E-state index contributed by atoms with van der Waals surface area (Å²) in [4.78, 5) is 40.7. The number of thioether (sulfide) groups is 1. The molecule has 0 bridgehead atoms. The summed E-state index contributed by atoms with van der Waals surface area (Å²) in [6, 6.07) is 16.1. The number of rotatable bonds is 5. The smallest absolute Gasteiger partial charge is 0.257 e. The third kappa shape index (κ3) is 4.80. The highest BCUT2D eigenvalue weighted by Gasteiger charge is 2.43. The lowest BCUT2D eigenvalue weighted by atomic mass is 10.1. The van der Waals surface area contributed by atoms with Crippen LogP contribution in [0.4, 0.5) is 5.69 Å². The Morgan fingerprint density at radius 3 is 2.33 bits per heavy atom. The van der Waals surface area contributed by atoms with Gasteiger partial charge in [0.25, 0.3) is 5.91 Å². The van der Waals surface area contributed by atoms with Crippen LogP contribution in [-0.2, 0) is 9.59 Å². The van der Waals surface area contributed by atoms with Gasteiger partial charge < -0.3 is 10.6 Å². The van der Waals surface area contributed by atoms with Crippen LogP contribution in [0.5, 0.6) is 0 Å². The predicted octanol–water partition coefficient (Wildman–Crippen LogP) is 2.29. The van der Waals surface area contributed by atoms with Gasteiger partial charge in [0.05, 0.1) is 5.25 Å². The maximum Gasteiger partial charge on any atom is 0.257 e. The van der Waals surface area contributed by atoms with Crippen LogP contribution >= 0.6 is 24.0 Å². The minimum absolute atomic E-state index is 0.0440. The number of imide groups is 1. The van der Waals surface area contributed by atoms with Gasteiger partial charge in [0, 0.05) is 31.8 Å². The van der Waals surface area contributed by atoms with Crippen molar-refractivity contribution >= 4 is 52.5 Å². The minimum atomic E-state index is -0.686. The topological polar surface area (TPSA) is 95.7 Å². The minimum Gasteiger partial charge on any atom is -0.378 e. The second-order valence-electron chi connectivity index (χ2n) is 6.96. The molecule has 0 spiro atoms. The van der Waals surface area contributed by atoms with E-state index in [-0.39, 0.29) is 17.4 Å². The zero-order valence-corrected chi connectivity index (χ0v) is 18.2. The van der Waals surface area contributed by atoms with Gasteiger partial charge in [0.15, 0.2) is 5.11 Å². The summed E-state index contributed by atoms with van der Waals surface area (Å²) >= 11 is 6.38. The van der Waals surface area contributed by atoms with Crippen LogP contribution in [0.2, 0.25) is 0 Å². The zero-order valence-electron chi connectivity index (χ0n) is 16.6. The van der Waals surface area contributed by atoms with Gasteiger partial charge in [0.2, 0.25) is 11.8 Å². The Hall–Kier alpha value is -2.91. The molecule has 0 aliphatic carbocycles. The van der Waals surface area contributed by atoms with E-state index in [2.05, 4.69) is 5.32 Å². The Morgan fingerprint density at radius 1 is 1.13 bits per heavy atom. The number of anilines is 1. The van der Waals surface area contributed by atoms with E-state index >= 15 is 0 Å². The molecule has 0 saturated carbocycles. The fraction of sp³-hybridized carbons (Fsp3) is 0.238. The highest BCUT2D eigenvalue weighted by molar-refractivity contribution is 8.01. The van der Waals surface area contributed by atoms with Crippen LogP contribution < -0.4 is 16.0 Å². The molecular formula is C21H22N4O3S2. The Kier molecular flexibility index (Phi) is 6.73. The van der Waals surface area contributed by atoms with Gasteiger partial charge >= 0.3 is 0 Å². The normalized spacial score (nSPS) is 18.2. The van der Waals surface area contributed by atoms with Crippen LogP contribution in [0.25, 0.3) is 0 Å². The number of hydrogen-bond donors (Lipinski definition) is 2. The number of nitrogens with two attached hydrogens (primary N) is 1. The van der Waals surface area contributed by atoms with Crippen LogP contribution in [0.1, 0.15) is 27.7 Å². The molecule has 1 fully saturated rings. The van der Waals surface area contributed by atoms with E-state index in [4.69, 9.17) is 18.0 Å². The molecule has 1 saturated heterocycles. The molecular weight excluding hydrogens is 420 g/mol. The lowest BCUT2D eigenvalue weighted by molar-refractivity contribution is -0.129. The lowest BCUT2D eigenvalue weighted by Crippen LogP contribution is -2.41. The predicted molar refractivity (Wildman–Crippen MR) is 122 cm³/mol. The van der Waals surface area contributed by atoms with Crippen molar-refractivity contribution in [1.29, 1.82) is 0 Å².